The summed E-state index contributed by atoms with van der Waals surface area (Å²) in [6.45, 7) is 12.6. The number of rotatable bonds is 4. The molecule has 2 aromatic carbocycles. The van der Waals surface area contributed by atoms with E-state index in [1.807, 2.05) is 18.2 Å². The van der Waals surface area contributed by atoms with E-state index in [0.717, 1.165) is 17.0 Å². The molecular weight excluding hydrogens is 362 g/mol. The minimum absolute atomic E-state index is 0.260. The number of hydrogen-bond acceptors (Lipinski definition) is 4. The van der Waals surface area contributed by atoms with Gasteiger partial charge in [-0.1, -0.05) is 42.5 Å². The van der Waals surface area contributed by atoms with Crippen LogP contribution in [0.1, 0.15) is 37.5 Å². The number of para-hydroxylation sites is 1. The summed E-state index contributed by atoms with van der Waals surface area (Å²) in [5, 5.41) is 0. The molecule has 0 aliphatic carbocycles. The molecular formula is C25H27NO3. The van der Waals surface area contributed by atoms with Gasteiger partial charge in [0.2, 0.25) is 5.72 Å². The van der Waals surface area contributed by atoms with Gasteiger partial charge in [-0.05, 0) is 57.5 Å². The average Bonchev–Trinajstić information content (AvgIpc) is 2.86. The maximum Gasteiger partial charge on any atom is 0.333 e. The summed E-state index contributed by atoms with van der Waals surface area (Å²) in [4.78, 5) is 14.1. The predicted molar refractivity (Wildman–Crippen MR) is 116 cm³/mol. The third-order valence-electron chi connectivity index (χ3n) is 5.98. The number of carbonyl (C=O) groups is 1. The molecule has 0 radical (unpaired) electrons. The summed E-state index contributed by atoms with van der Waals surface area (Å²) >= 11 is 0. The molecule has 29 heavy (non-hydrogen) atoms. The van der Waals surface area contributed by atoms with Crippen molar-refractivity contribution in [1.82, 2.24) is 0 Å². The molecule has 4 rings (SSSR count). The second-order valence-corrected chi connectivity index (χ2v) is 8.38. The molecule has 2 heterocycles. The normalized spacial score (nSPS) is 20.8. The molecule has 0 N–H and O–H groups in total. The molecule has 2 aliphatic rings. The summed E-state index contributed by atoms with van der Waals surface area (Å²) in [5.74, 6) is 0.489. The highest BCUT2D eigenvalue weighted by molar-refractivity contribution is 5.87. The third kappa shape index (κ3) is 2.94. The Bertz CT molecular complexity index is 1020. The number of hydrogen-bond donors (Lipinski definition) is 0. The number of ether oxygens (including phenoxy) is 2. The zero-order valence-electron chi connectivity index (χ0n) is 17.5. The molecule has 0 fully saturated rings. The molecule has 0 saturated carbocycles. The fraction of sp³-hybridized carbons (Fsp3) is 0.320. The molecule has 0 unspecified atom stereocenters. The number of esters is 1. The van der Waals surface area contributed by atoms with Gasteiger partial charge in [0.15, 0.2) is 0 Å². The van der Waals surface area contributed by atoms with E-state index in [4.69, 9.17) is 9.47 Å². The standard InChI is InChI=1S/C25H27NO3/c1-17(2)23(27)28-15-14-26-21-11-10-18(3)16-20(21)24(4,5)25(26)13-12-19-8-6-7-9-22(19)29-25/h6-13,16H,1,14-15H2,2-5H3/t25-/m1/s1. The third-order valence-corrected chi connectivity index (χ3v) is 5.98. The van der Waals surface area contributed by atoms with Gasteiger partial charge in [-0.2, -0.15) is 0 Å². The fourth-order valence-electron chi connectivity index (χ4n) is 4.33. The Balaban J connectivity index is 1.76. The van der Waals surface area contributed by atoms with E-state index in [9.17, 15) is 4.79 Å². The highest BCUT2D eigenvalue weighted by atomic mass is 16.5. The first-order valence-electron chi connectivity index (χ1n) is 9.95. The number of benzene rings is 2. The second kappa shape index (κ2) is 6.80. The first-order valence-corrected chi connectivity index (χ1v) is 9.95. The Morgan fingerprint density at radius 2 is 1.97 bits per heavy atom. The molecule has 1 spiro atoms. The van der Waals surface area contributed by atoms with E-state index in [1.165, 1.54) is 11.1 Å². The molecule has 2 aromatic rings. The predicted octanol–water partition coefficient (Wildman–Crippen LogP) is 5.01. The second-order valence-electron chi connectivity index (χ2n) is 8.38. The van der Waals surface area contributed by atoms with E-state index >= 15 is 0 Å². The number of anilines is 1. The van der Waals surface area contributed by atoms with Gasteiger partial charge in [0.05, 0.1) is 12.0 Å². The highest BCUT2D eigenvalue weighted by Crippen LogP contribution is 2.54. The first kappa shape index (κ1) is 19.3. The van der Waals surface area contributed by atoms with Crippen LogP contribution < -0.4 is 9.64 Å². The van der Waals surface area contributed by atoms with Crippen LogP contribution in [0.3, 0.4) is 0 Å². The topological polar surface area (TPSA) is 38.8 Å². The van der Waals surface area contributed by atoms with E-state index in [0.29, 0.717) is 12.1 Å². The lowest BCUT2D eigenvalue weighted by atomic mass is 9.76. The largest absolute Gasteiger partial charge is 0.463 e. The van der Waals surface area contributed by atoms with Crippen LogP contribution in [-0.4, -0.2) is 24.8 Å². The van der Waals surface area contributed by atoms with Gasteiger partial charge in [0.1, 0.15) is 12.4 Å². The maximum atomic E-state index is 11.9. The molecule has 0 saturated heterocycles. The van der Waals surface area contributed by atoms with Gasteiger partial charge < -0.3 is 14.4 Å². The zero-order valence-corrected chi connectivity index (χ0v) is 17.5. The minimum atomic E-state index is -0.701. The van der Waals surface area contributed by atoms with Crippen LogP contribution in [0.25, 0.3) is 6.08 Å². The average molecular weight is 389 g/mol. The van der Waals surface area contributed by atoms with E-state index in [-0.39, 0.29) is 18.0 Å². The maximum absolute atomic E-state index is 11.9. The van der Waals surface area contributed by atoms with Crippen molar-refractivity contribution < 1.29 is 14.3 Å². The van der Waals surface area contributed by atoms with Crippen molar-refractivity contribution in [3.63, 3.8) is 0 Å². The van der Waals surface area contributed by atoms with Crippen molar-refractivity contribution in [3.05, 3.63) is 77.4 Å². The molecule has 0 aromatic heterocycles. The van der Waals surface area contributed by atoms with E-state index in [1.54, 1.807) is 6.92 Å². The number of aryl methyl sites for hydroxylation is 1. The highest BCUT2D eigenvalue weighted by Gasteiger charge is 2.58. The Morgan fingerprint density at radius 1 is 1.21 bits per heavy atom. The van der Waals surface area contributed by atoms with Crippen LogP contribution in [0.4, 0.5) is 5.69 Å². The number of fused-ring (bicyclic) bond motifs is 2. The monoisotopic (exact) mass is 389 g/mol. The van der Waals surface area contributed by atoms with Gasteiger partial charge in [-0.15, -0.1) is 0 Å². The van der Waals surface area contributed by atoms with E-state index in [2.05, 4.69) is 68.7 Å². The van der Waals surface area contributed by atoms with Gasteiger partial charge in [-0.25, -0.2) is 4.79 Å². The zero-order chi connectivity index (χ0) is 20.8. The minimum Gasteiger partial charge on any atom is -0.463 e. The smallest absolute Gasteiger partial charge is 0.333 e. The molecule has 1 atom stereocenters. The Kier molecular flexibility index (Phi) is 4.53. The van der Waals surface area contributed by atoms with Crippen LogP contribution in [0.15, 0.2) is 60.7 Å². The summed E-state index contributed by atoms with van der Waals surface area (Å²) in [7, 11) is 0. The van der Waals surface area contributed by atoms with Gasteiger partial charge in [-0.3, -0.25) is 0 Å². The quantitative estimate of drug-likeness (QED) is 0.544. The van der Waals surface area contributed by atoms with E-state index < -0.39 is 5.72 Å². The summed E-state index contributed by atoms with van der Waals surface area (Å²) in [6, 6.07) is 14.5. The van der Waals surface area contributed by atoms with Crippen LogP contribution in [0.5, 0.6) is 5.75 Å². The van der Waals surface area contributed by atoms with Crippen molar-refractivity contribution in [2.24, 2.45) is 0 Å². The van der Waals surface area contributed by atoms with Crippen molar-refractivity contribution in [3.8, 4) is 5.75 Å². The van der Waals surface area contributed by atoms with Crippen molar-refractivity contribution in [2.45, 2.75) is 38.8 Å². The summed E-state index contributed by atoms with van der Waals surface area (Å²) in [6.07, 6.45) is 4.28. The summed E-state index contributed by atoms with van der Waals surface area (Å²) < 4.78 is 12.1. The molecule has 0 amide bonds. The fourth-order valence-corrected chi connectivity index (χ4v) is 4.33. The van der Waals surface area contributed by atoms with Crippen LogP contribution >= 0.6 is 0 Å². The van der Waals surface area contributed by atoms with Gasteiger partial charge >= 0.3 is 5.97 Å². The summed E-state index contributed by atoms with van der Waals surface area (Å²) in [5.41, 5.74) is 4.01. The molecule has 4 heteroatoms. The number of nitrogens with zero attached hydrogens (tertiary/aromatic N) is 1. The molecule has 150 valence electrons. The van der Waals surface area contributed by atoms with Crippen molar-refractivity contribution >= 4 is 17.7 Å². The van der Waals surface area contributed by atoms with Gasteiger partial charge in [0.25, 0.3) is 0 Å². The lowest BCUT2D eigenvalue weighted by Gasteiger charge is -2.47. The van der Waals surface area contributed by atoms with Crippen LogP contribution in [0.2, 0.25) is 0 Å². The molecule has 2 aliphatic heterocycles. The molecule has 4 nitrogen and oxygen atoms in total. The Morgan fingerprint density at radius 3 is 2.72 bits per heavy atom. The van der Waals surface area contributed by atoms with Crippen LogP contribution in [-0.2, 0) is 14.9 Å². The lowest BCUT2D eigenvalue weighted by Crippen LogP contribution is -2.60. The van der Waals surface area contributed by atoms with Crippen molar-refractivity contribution in [2.75, 3.05) is 18.1 Å². The first-order chi connectivity index (χ1) is 13.8. The lowest BCUT2D eigenvalue weighted by molar-refractivity contribution is -0.138. The van der Waals surface area contributed by atoms with Crippen LogP contribution in [0, 0.1) is 6.92 Å². The molecule has 0 bridgehead atoms. The number of carbonyl (C=O) groups excluding carboxylic acids is 1. The van der Waals surface area contributed by atoms with Crippen molar-refractivity contribution in [1.29, 1.82) is 0 Å². The Hall–Kier alpha value is -3.01. The Labute approximate surface area is 172 Å². The SMILES string of the molecule is C=C(C)C(=O)OCCN1c2ccc(C)cc2C(C)(C)[C@]12C=Cc1ccccc1O2. The van der Waals surface area contributed by atoms with Gasteiger partial charge in [0, 0.05) is 16.8 Å².